The molecule has 84 valence electrons. The van der Waals surface area contributed by atoms with Gasteiger partial charge in [-0.2, -0.15) is 0 Å². The van der Waals surface area contributed by atoms with Gasteiger partial charge < -0.3 is 5.32 Å². The van der Waals surface area contributed by atoms with Crippen molar-refractivity contribution in [1.82, 2.24) is 15.3 Å². The van der Waals surface area contributed by atoms with Gasteiger partial charge in [0.2, 0.25) is 0 Å². The van der Waals surface area contributed by atoms with Crippen LogP contribution in [0.4, 0.5) is 0 Å². The molecule has 0 aliphatic heterocycles. The summed E-state index contributed by atoms with van der Waals surface area (Å²) in [4.78, 5) is 8.30. The molecule has 0 amide bonds. The molecule has 1 heterocycles. The largest absolute Gasteiger partial charge is 0.316 e. The molecule has 0 aromatic carbocycles. The Morgan fingerprint density at radius 3 is 2.73 bits per heavy atom. The smallest absolute Gasteiger partial charge is 0.187 e. The summed E-state index contributed by atoms with van der Waals surface area (Å²) >= 11 is 1.70. The van der Waals surface area contributed by atoms with Crippen molar-refractivity contribution in [3.63, 3.8) is 0 Å². The molecule has 0 saturated carbocycles. The van der Waals surface area contributed by atoms with Crippen LogP contribution in [0, 0.1) is 0 Å². The molecule has 0 radical (unpaired) electrons. The molecule has 15 heavy (non-hydrogen) atoms. The topological polar surface area (TPSA) is 37.8 Å². The Morgan fingerprint density at radius 1 is 1.20 bits per heavy atom. The van der Waals surface area contributed by atoms with E-state index in [1.54, 1.807) is 24.2 Å². The SMILES string of the molecule is CCCCCNCCSc1ncccn1. The lowest BCUT2D eigenvalue weighted by Gasteiger charge is -2.02. The molecule has 1 aromatic rings. The lowest BCUT2D eigenvalue weighted by molar-refractivity contribution is 0.635. The highest BCUT2D eigenvalue weighted by molar-refractivity contribution is 7.99. The summed E-state index contributed by atoms with van der Waals surface area (Å²) < 4.78 is 0. The second kappa shape index (κ2) is 8.68. The summed E-state index contributed by atoms with van der Waals surface area (Å²) in [7, 11) is 0. The van der Waals surface area contributed by atoms with Gasteiger partial charge in [-0.05, 0) is 19.0 Å². The van der Waals surface area contributed by atoms with Gasteiger partial charge in [-0.15, -0.1) is 0 Å². The van der Waals surface area contributed by atoms with Crippen molar-refractivity contribution in [3.8, 4) is 0 Å². The molecule has 3 nitrogen and oxygen atoms in total. The third-order valence-electron chi connectivity index (χ3n) is 2.01. The number of hydrogen-bond donors (Lipinski definition) is 1. The lowest BCUT2D eigenvalue weighted by atomic mass is 10.2. The van der Waals surface area contributed by atoms with Crippen LogP contribution in [0.5, 0.6) is 0 Å². The van der Waals surface area contributed by atoms with Crippen LogP contribution in [0.3, 0.4) is 0 Å². The molecule has 0 spiro atoms. The molecule has 1 aromatic heterocycles. The highest BCUT2D eigenvalue weighted by Crippen LogP contribution is 2.09. The Morgan fingerprint density at radius 2 is 2.00 bits per heavy atom. The van der Waals surface area contributed by atoms with Gasteiger partial charge in [-0.25, -0.2) is 9.97 Å². The lowest BCUT2D eigenvalue weighted by Crippen LogP contribution is -2.18. The molecule has 0 fully saturated rings. The number of thioether (sulfide) groups is 1. The van der Waals surface area contributed by atoms with E-state index in [9.17, 15) is 0 Å². The van der Waals surface area contributed by atoms with Crippen molar-refractivity contribution < 1.29 is 0 Å². The zero-order valence-electron chi connectivity index (χ0n) is 9.28. The zero-order valence-corrected chi connectivity index (χ0v) is 10.1. The monoisotopic (exact) mass is 225 g/mol. The highest BCUT2D eigenvalue weighted by atomic mass is 32.2. The molecule has 0 saturated heterocycles. The summed E-state index contributed by atoms with van der Waals surface area (Å²) in [6.45, 7) is 4.39. The standard InChI is InChI=1S/C11H19N3S/c1-2-3-4-6-12-9-10-15-11-13-7-5-8-14-11/h5,7-8,12H,2-4,6,9-10H2,1H3. The van der Waals surface area contributed by atoms with Gasteiger partial charge in [0.15, 0.2) is 5.16 Å². The Hall–Kier alpha value is -0.610. The third-order valence-corrected chi connectivity index (χ3v) is 2.89. The van der Waals surface area contributed by atoms with E-state index in [-0.39, 0.29) is 0 Å². The molecule has 0 unspecified atom stereocenters. The first-order valence-electron chi connectivity index (χ1n) is 5.54. The van der Waals surface area contributed by atoms with Gasteiger partial charge in [0, 0.05) is 24.7 Å². The fraction of sp³-hybridized carbons (Fsp3) is 0.636. The molecule has 1 N–H and O–H groups in total. The molecule has 0 bridgehead atoms. The summed E-state index contributed by atoms with van der Waals surface area (Å²) in [6, 6.07) is 1.84. The van der Waals surface area contributed by atoms with Crippen LogP contribution in [0.2, 0.25) is 0 Å². The van der Waals surface area contributed by atoms with E-state index in [0.717, 1.165) is 24.0 Å². The second-order valence-corrected chi connectivity index (χ2v) is 4.40. The Balaban J connectivity index is 1.93. The van der Waals surface area contributed by atoms with E-state index in [1.807, 2.05) is 6.07 Å². The minimum atomic E-state index is 0.868. The predicted molar refractivity (Wildman–Crippen MR) is 65.2 cm³/mol. The van der Waals surface area contributed by atoms with Gasteiger partial charge in [-0.3, -0.25) is 0 Å². The first-order valence-corrected chi connectivity index (χ1v) is 6.52. The Bertz CT molecular complexity index is 241. The van der Waals surface area contributed by atoms with Crippen molar-refractivity contribution in [3.05, 3.63) is 18.5 Å². The van der Waals surface area contributed by atoms with Crippen LogP contribution in [-0.4, -0.2) is 28.8 Å². The number of rotatable bonds is 8. The molecule has 0 atom stereocenters. The van der Waals surface area contributed by atoms with E-state index in [1.165, 1.54) is 19.3 Å². The van der Waals surface area contributed by atoms with E-state index in [4.69, 9.17) is 0 Å². The van der Waals surface area contributed by atoms with Crippen LogP contribution in [0.1, 0.15) is 26.2 Å². The quantitative estimate of drug-likeness (QED) is 0.419. The van der Waals surface area contributed by atoms with Crippen molar-refractivity contribution in [1.29, 1.82) is 0 Å². The third kappa shape index (κ3) is 6.47. The zero-order chi connectivity index (χ0) is 10.8. The first-order chi connectivity index (χ1) is 7.43. The van der Waals surface area contributed by atoms with Crippen LogP contribution in [-0.2, 0) is 0 Å². The average molecular weight is 225 g/mol. The highest BCUT2D eigenvalue weighted by Gasteiger charge is 1.94. The van der Waals surface area contributed by atoms with E-state index >= 15 is 0 Å². The molecule has 0 aliphatic carbocycles. The van der Waals surface area contributed by atoms with Gasteiger partial charge >= 0.3 is 0 Å². The van der Waals surface area contributed by atoms with E-state index in [2.05, 4.69) is 22.2 Å². The number of unbranched alkanes of at least 4 members (excludes halogenated alkanes) is 2. The van der Waals surface area contributed by atoms with Crippen LogP contribution in [0.15, 0.2) is 23.6 Å². The molecular weight excluding hydrogens is 206 g/mol. The van der Waals surface area contributed by atoms with Crippen LogP contribution < -0.4 is 5.32 Å². The second-order valence-electron chi connectivity index (χ2n) is 3.34. The summed E-state index contributed by atoms with van der Waals surface area (Å²) in [5.74, 6) is 1.04. The van der Waals surface area contributed by atoms with Crippen molar-refractivity contribution >= 4 is 11.8 Å². The fourth-order valence-electron chi connectivity index (χ4n) is 1.20. The maximum absolute atomic E-state index is 4.15. The number of nitrogens with zero attached hydrogens (tertiary/aromatic N) is 2. The van der Waals surface area contributed by atoms with Crippen molar-refractivity contribution in [2.45, 2.75) is 31.3 Å². The van der Waals surface area contributed by atoms with Gasteiger partial charge in [0.25, 0.3) is 0 Å². The number of nitrogens with one attached hydrogen (secondary N) is 1. The van der Waals surface area contributed by atoms with Crippen molar-refractivity contribution in [2.75, 3.05) is 18.8 Å². The van der Waals surface area contributed by atoms with E-state index in [0.29, 0.717) is 0 Å². The number of hydrogen-bond acceptors (Lipinski definition) is 4. The van der Waals surface area contributed by atoms with Crippen LogP contribution >= 0.6 is 11.8 Å². The van der Waals surface area contributed by atoms with Gasteiger partial charge in [-0.1, -0.05) is 31.5 Å². The molecule has 4 heteroatoms. The van der Waals surface area contributed by atoms with E-state index < -0.39 is 0 Å². The maximum atomic E-state index is 4.15. The van der Waals surface area contributed by atoms with Crippen molar-refractivity contribution in [2.24, 2.45) is 0 Å². The molecular formula is C11H19N3S. The number of aromatic nitrogens is 2. The van der Waals surface area contributed by atoms with Gasteiger partial charge in [0.1, 0.15) is 0 Å². The first kappa shape index (κ1) is 12.5. The fourth-order valence-corrected chi connectivity index (χ4v) is 1.90. The minimum absolute atomic E-state index is 0.868. The summed E-state index contributed by atoms with van der Waals surface area (Å²) in [5, 5.41) is 4.28. The summed E-state index contributed by atoms with van der Waals surface area (Å²) in [5.41, 5.74) is 0. The Labute approximate surface area is 96.1 Å². The molecule has 0 aliphatic rings. The summed E-state index contributed by atoms with van der Waals surface area (Å²) in [6.07, 6.45) is 7.45. The van der Waals surface area contributed by atoms with Gasteiger partial charge in [0.05, 0.1) is 0 Å². The minimum Gasteiger partial charge on any atom is -0.316 e. The van der Waals surface area contributed by atoms with Crippen LogP contribution in [0.25, 0.3) is 0 Å². The normalized spacial score (nSPS) is 10.5. The molecule has 1 rings (SSSR count). The maximum Gasteiger partial charge on any atom is 0.187 e. The average Bonchev–Trinajstić information content (AvgIpc) is 2.29. The Kier molecular flexibility index (Phi) is 7.21. The predicted octanol–water partition coefficient (Wildman–Crippen LogP) is 2.35.